The van der Waals surface area contributed by atoms with Gasteiger partial charge in [0.1, 0.15) is 11.6 Å². The maximum Gasteiger partial charge on any atom is 0.156 e. The molecule has 0 aliphatic carbocycles. The number of hydrogen-bond donors (Lipinski definition) is 1. The van der Waals surface area contributed by atoms with Gasteiger partial charge in [-0.05, 0) is 18.4 Å². The van der Waals surface area contributed by atoms with E-state index < -0.39 is 5.82 Å². The number of aromatic hydroxyl groups is 1. The summed E-state index contributed by atoms with van der Waals surface area (Å²) in [5.41, 5.74) is -0.276. The molecule has 1 rings (SSSR count). The third-order valence-electron chi connectivity index (χ3n) is 1.46. The van der Waals surface area contributed by atoms with Crippen molar-refractivity contribution < 1.29 is 14.3 Å². The first kappa shape index (κ1) is 9.06. The minimum Gasteiger partial charge on any atom is -0.506 e. The highest BCUT2D eigenvalue weighted by Crippen LogP contribution is 2.30. The number of phenolic OH excluding ortho intramolecular Hbond substituents is 1. The number of aldehydes is 1. The summed E-state index contributed by atoms with van der Waals surface area (Å²) in [6.45, 7) is 0. The van der Waals surface area contributed by atoms with Crippen LogP contribution < -0.4 is 0 Å². The first-order valence-electron chi connectivity index (χ1n) is 3.21. The van der Waals surface area contributed by atoms with Crippen LogP contribution >= 0.6 is 11.8 Å². The number of thioether (sulfide) groups is 1. The van der Waals surface area contributed by atoms with Crippen molar-refractivity contribution in [1.82, 2.24) is 0 Å². The van der Waals surface area contributed by atoms with Crippen LogP contribution in [-0.4, -0.2) is 17.6 Å². The number of phenols is 1. The lowest BCUT2D eigenvalue weighted by Gasteiger charge is -2.03. The van der Waals surface area contributed by atoms with E-state index >= 15 is 0 Å². The van der Waals surface area contributed by atoms with Gasteiger partial charge in [0, 0.05) is 4.90 Å². The zero-order chi connectivity index (χ0) is 9.14. The van der Waals surface area contributed by atoms with Crippen LogP contribution in [0.25, 0.3) is 0 Å². The summed E-state index contributed by atoms with van der Waals surface area (Å²) in [5.74, 6) is -0.974. The third-order valence-corrected chi connectivity index (χ3v) is 2.23. The van der Waals surface area contributed by atoms with Crippen molar-refractivity contribution in [2.75, 3.05) is 6.26 Å². The molecule has 1 aromatic carbocycles. The van der Waals surface area contributed by atoms with Crippen LogP contribution in [0.5, 0.6) is 5.75 Å². The minimum absolute atomic E-state index is 0.276. The van der Waals surface area contributed by atoms with Gasteiger partial charge in [-0.25, -0.2) is 4.39 Å². The molecule has 0 fully saturated rings. The summed E-state index contributed by atoms with van der Waals surface area (Å²) < 4.78 is 12.8. The normalized spacial score (nSPS) is 9.83. The van der Waals surface area contributed by atoms with E-state index in [1.807, 2.05) is 0 Å². The molecule has 0 amide bonds. The molecule has 0 spiro atoms. The molecular formula is C8H7FO2S. The molecule has 1 aromatic rings. The number of carbonyl (C=O) groups is 1. The molecule has 0 bridgehead atoms. The Kier molecular flexibility index (Phi) is 2.70. The quantitative estimate of drug-likeness (QED) is 0.567. The van der Waals surface area contributed by atoms with Crippen molar-refractivity contribution in [3.05, 3.63) is 23.5 Å². The van der Waals surface area contributed by atoms with Gasteiger partial charge >= 0.3 is 0 Å². The largest absolute Gasteiger partial charge is 0.506 e. The molecule has 12 heavy (non-hydrogen) atoms. The number of benzene rings is 1. The zero-order valence-corrected chi connectivity index (χ0v) is 7.19. The maximum absolute atomic E-state index is 12.8. The molecule has 0 aromatic heterocycles. The SMILES string of the molecule is CSc1ccc(F)c(C=O)c1O. The summed E-state index contributed by atoms with van der Waals surface area (Å²) in [7, 11) is 0. The molecule has 2 nitrogen and oxygen atoms in total. The Morgan fingerprint density at radius 1 is 1.58 bits per heavy atom. The Morgan fingerprint density at radius 3 is 2.75 bits per heavy atom. The van der Waals surface area contributed by atoms with Gasteiger partial charge in [-0.15, -0.1) is 11.8 Å². The maximum atomic E-state index is 12.8. The highest BCUT2D eigenvalue weighted by atomic mass is 32.2. The molecule has 0 saturated carbocycles. The van der Waals surface area contributed by atoms with Crippen LogP contribution in [-0.2, 0) is 0 Å². The summed E-state index contributed by atoms with van der Waals surface area (Å²) in [5, 5.41) is 9.28. The number of halogens is 1. The van der Waals surface area contributed by atoms with Crippen LogP contribution in [0.1, 0.15) is 10.4 Å². The Morgan fingerprint density at radius 2 is 2.25 bits per heavy atom. The standard InChI is InChI=1S/C8H7FO2S/c1-12-7-3-2-6(9)5(4-10)8(7)11/h2-4,11H,1H3. The van der Waals surface area contributed by atoms with E-state index in [1.165, 1.54) is 17.8 Å². The number of hydrogen-bond acceptors (Lipinski definition) is 3. The van der Waals surface area contributed by atoms with E-state index in [9.17, 15) is 14.3 Å². The Balaban J connectivity index is 3.33. The second-order valence-electron chi connectivity index (χ2n) is 2.13. The summed E-state index contributed by atoms with van der Waals surface area (Å²) >= 11 is 1.26. The Hall–Kier alpha value is -1.03. The average molecular weight is 186 g/mol. The molecule has 0 radical (unpaired) electrons. The fourth-order valence-corrected chi connectivity index (χ4v) is 1.35. The molecule has 0 aliphatic rings. The van der Waals surface area contributed by atoms with Crippen molar-refractivity contribution in [2.24, 2.45) is 0 Å². The van der Waals surface area contributed by atoms with Gasteiger partial charge in [-0.2, -0.15) is 0 Å². The molecule has 0 aliphatic heterocycles. The average Bonchev–Trinajstić information content (AvgIpc) is 2.06. The lowest BCUT2D eigenvalue weighted by atomic mass is 10.2. The van der Waals surface area contributed by atoms with Gasteiger partial charge in [0.15, 0.2) is 6.29 Å². The van der Waals surface area contributed by atoms with Crippen LogP contribution in [0.4, 0.5) is 4.39 Å². The zero-order valence-electron chi connectivity index (χ0n) is 6.37. The van der Waals surface area contributed by atoms with Crippen LogP contribution in [0.15, 0.2) is 17.0 Å². The summed E-state index contributed by atoms with van der Waals surface area (Å²) in [6, 6.07) is 2.59. The van der Waals surface area contributed by atoms with Gasteiger partial charge in [0.05, 0.1) is 5.56 Å². The van der Waals surface area contributed by atoms with Gasteiger partial charge in [-0.1, -0.05) is 0 Å². The fourth-order valence-electron chi connectivity index (χ4n) is 0.840. The van der Waals surface area contributed by atoms with Gasteiger partial charge in [-0.3, -0.25) is 4.79 Å². The van der Waals surface area contributed by atoms with Gasteiger partial charge in [0.25, 0.3) is 0 Å². The molecule has 0 atom stereocenters. The summed E-state index contributed by atoms with van der Waals surface area (Å²) in [6.07, 6.45) is 2.05. The second-order valence-corrected chi connectivity index (χ2v) is 2.98. The van der Waals surface area contributed by atoms with E-state index in [0.717, 1.165) is 6.07 Å². The van der Waals surface area contributed by atoms with Crippen LogP contribution in [0.3, 0.4) is 0 Å². The minimum atomic E-state index is -0.694. The van der Waals surface area contributed by atoms with Gasteiger partial charge in [0.2, 0.25) is 0 Å². The molecular weight excluding hydrogens is 179 g/mol. The second kappa shape index (κ2) is 3.58. The fraction of sp³-hybridized carbons (Fsp3) is 0.125. The van der Waals surface area contributed by atoms with Crippen molar-refractivity contribution in [2.45, 2.75) is 4.90 Å². The van der Waals surface area contributed by atoms with Crippen LogP contribution in [0, 0.1) is 5.82 Å². The van der Waals surface area contributed by atoms with E-state index in [1.54, 1.807) is 6.26 Å². The lowest BCUT2D eigenvalue weighted by Crippen LogP contribution is -1.89. The van der Waals surface area contributed by atoms with E-state index in [4.69, 9.17) is 0 Å². The van der Waals surface area contributed by atoms with Crippen molar-refractivity contribution in [3.8, 4) is 5.75 Å². The molecule has 1 N–H and O–H groups in total. The van der Waals surface area contributed by atoms with E-state index in [2.05, 4.69) is 0 Å². The third kappa shape index (κ3) is 1.43. The Labute approximate surface area is 73.4 Å². The van der Waals surface area contributed by atoms with Crippen molar-refractivity contribution >= 4 is 18.0 Å². The van der Waals surface area contributed by atoms with Gasteiger partial charge < -0.3 is 5.11 Å². The Bertz CT molecular complexity index is 312. The number of carbonyl (C=O) groups excluding carboxylic acids is 1. The molecule has 0 saturated heterocycles. The van der Waals surface area contributed by atoms with Crippen LogP contribution in [0.2, 0.25) is 0 Å². The highest BCUT2D eigenvalue weighted by molar-refractivity contribution is 7.98. The number of rotatable bonds is 2. The predicted molar refractivity (Wildman–Crippen MR) is 45.2 cm³/mol. The van der Waals surface area contributed by atoms with E-state index in [0.29, 0.717) is 11.2 Å². The smallest absolute Gasteiger partial charge is 0.156 e. The topological polar surface area (TPSA) is 37.3 Å². The molecule has 0 heterocycles. The van der Waals surface area contributed by atoms with Crippen molar-refractivity contribution in [3.63, 3.8) is 0 Å². The lowest BCUT2D eigenvalue weighted by molar-refractivity contribution is 0.111. The summed E-state index contributed by atoms with van der Waals surface area (Å²) in [4.78, 5) is 10.8. The van der Waals surface area contributed by atoms with Crippen molar-refractivity contribution in [1.29, 1.82) is 0 Å². The highest BCUT2D eigenvalue weighted by Gasteiger charge is 2.10. The van der Waals surface area contributed by atoms with E-state index in [-0.39, 0.29) is 11.3 Å². The monoisotopic (exact) mass is 186 g/mol. The molecule has 0 unspecified atom stereocenters. The first-order valence-corrected chi connectivity index (χ1v) is 4.43. The molecule has 64 valence electrons. The predicted octanol–water partition coefficient (Wildman–Crippen LogP) is 2.07. The molecule has 4 heteroatoms. The first-order chi connectivity index (χ1) is 5.70.